The van der Waals surface area contributed by atoms with Gasteiger partial charge in [-0.3, -0.25) is 9.59 Å². The predicted molar refractivity (Wildman–Crippen MR) is 99.3 cm³/mol. The molecule has 0 bridgehead atoms. The van der Waals surface area contributed by atoms with Crippen LogP contribution in [0, 0.1) is 5.92 Å². The van der Waals surface area contributed by atoms with Gasteiger partial charge in [-0.2, -0.15) is 0 Å². The van der Waals surface area contributed by atoms with E-state index in [4.69, 9.17) is 9.47 Å². The Morgan fingerprint density at radius 1 is 1.31 bits per heavy atom. The first kappa shape index (κ1) is 20.4. The molecular weight excluding hydrogens is 334 g/mol. The van der Waals surface area contributed by atoms with Crippen molar-refractivity contribution in [2.24, 2.45) is 5.92 Å². The van der Waals surface area contributed by atoms with Crippen molar-refractivity contribution in [1.82, 2.24) is 0 Å². The molecule has 0 saturated carbocycles. The number of rotatable bonds is 9. The van der Waals surface area contributed by atoms with Gasteiger partial charge in [0, 0.05) is 18.2 Å². The molecule has 1 aromatic carbocycles. The molecule has 0 amide bonds. The van der Waals surface area contributed by atoms with E-state index in [-0.39, 0.29) is 17.8 Å². The molecule has 0 radical (unpaired) electrons. The van der Waals surface area contributed by atoms with Crippen molar-refractivity contribution >= 4 is 17.4 Å². The van der Waals surface area contributed by atoms with Crippen molar-refractivity contribution < 1.29 is 24.2 Å². The Labute approximate surface area is 154 Å². The number of carbonyl (C=O) groups excluding carboxylic acids is 1. The van der Waals surface area contributed by atoms with Gasteiger partial charge in [-0.1, -0.05) is 19.1 Å². The third kappa shape index (κ3) is 5.54. The minimum absolute atomic E-state index is 0.148. The number of carbonyl (C=O) groups is 2. The van der Waals surface area contributed by atoms with E-state index in [1.165, 1.54) is 6.92 Å². The second kappa shape index (κ2) is 8.64. The highest BCUT2D eigenvalue weighted by Gasteiger charge is 2.32. The van der Waals surface area contributed by atoms with Crippen LogP contribution in [-0.4, -0.2) is 41.9 Å². The number of ketones is 1. The van der Waals surface area contributed by atoms with Crippen molar-refractivity contribution in [1.29, 1.82) is 0 Å². The average Bonchev–Trinajstić information content (AvgIpc) is 2.90. The first-order chi connectivity index (χ1) is 12.2. The number of carboxylic acids is 1. The summed E-state index contributed by atoms with van der Waals surface area (Å²) in [5, 5.41) is 12.6. The summed E-state index contributed by atoms with van der Waals surface area (Å²) in [7, 11) is 0. The number of hydrogen-bond acceptors (Lipinski definition) is 5. The SMILES string of the molecule is CC(=O)C(C(=O)O)C(C)c1ccc(NCCCC2COC(C)(C)O2)cc1. The van der Waals surface area contributed by atoms with Crippen LogP contribution in [0.5, 0.6) is 0 Å². The Kier molecular flexibility index (Phi) is 6.78. The second-order valence-corrected chi connectivity index (χ2v) is 7.36. The fourth-order valence-electron chi connectivity index (χ4n) is 3.30. The van der Waals surface area contributed by atoms with Crippen LogP contribution in [0.4, 0.5) is 5.69 Å². The third-order valence-corrected chi connectivity index (χ3v) is 4.74. The molecule has 1 aliphatic heterocycles. The van der Waals surface area contributed by atoms with Crippen LogP contribution in [0.3, 0.4) is 0 Å². The van der Waals surface area contributed by atoms with E-state index >= 15 is 0 Å². The fraction of sp³-hybridized carbons (Fsp3) is 0.600. The number of nitrogens with one attached hydrogen (secondary N) is 1. The van der Waals surface area contributed by atoms with Gasteiger partial charge in [0.25, 0.3) is 0 Å². The van der Waals surface area contributed by atoms with E-state index in [1.807, 2.05) is 38.1 Å². The van der Waals surface area contributed by atoms with E-state index < -0.39 is 17.7 Å². The van der Waals surface area contributed by atoms with E-state index in [1.54, 1.807) is 6.92 Å². The molecule has 6 nitrogen and oxygen atoms in total. The van der Waals surface area contributed by atoms with Crippen LogP contribution < -0.4 is 5.32 Å². The Morgan fingerprint density at radius 3 is 2.46 bits per heavy atom. The molecule has 1 heterocycles. The van der Waals surface area contributed by atoms with Gasteiger partial charge in [-0.05, 0) is 51.3 Å². The molecule has 144 valence electrons. The van der Waals surface area contributed by atoms with E-state index in [0.29, 0.717) is 6.61 Å². The lowest BCUT2D eigenvalue weighted by molar-refractivity contribution is -0.146. The number of benzene rings is 1. The van der Waals surface area contributed by atoms with Gasteiger partial charge >= 0.3 is 5.97 Å². The van der Waals surface area contributed by atoms with Crippen LogP contribution in [0.1, 0.15) is 52.0 Å². The smallest absolute Gasteiger partial charge is 0.314 e. The van der Waals surface area contributed by atoms with Gasteiger partial charge in [-0.15, -0.1) is 0 Å². The van der Waals surface area contributed by atoms with Crippen molar-refractivity contribution in [3.05, 3.63) is 29.8 Å². The largest absolute Gasteiger partial charge is 0.481 e. The molecular formula is C20H29NO5. The second-order valence-electron chi connectivity index (χ2n) is 7.36. The summed E-state index contributed by atoms with van der Waals surface area (Å²) < 4.78 is 11.3. The molecule has 1 fully saturated rings. The molecule has 0 spiro atoms. The maximum atomic E-state index is 11.6. The zero-order valence-electron chi connectivity index (χ0n) is 16.0. The van der Waals surface area contributed by atoms with E-state index in [0.717, 1.165) is 30.6 Å². The summed E-state index contributed by atoms with van der Waals surface area (Å²) in [6, 6.07) is 7.59. The highest BCUT2D eigenvalue weighted by Crippen LogP contribution is 2.27. The van der Waals surface area contributed by atoms with Crippen molar-refractivity contribution in [2.75, 3.05) is 18.5 Å². The van der Waals surface area contributed by atoms with Crippen molar-refractivity contribution in [3.63, 3.8) is 0 Å². The highest BCUT2D eigenvalue weighted by atomic mass is 16.7. The summed E-state index contributed by atoms with van der Waals surface area (Å²) in [5.41, 5.74) is 1.82. The lowest BCUT2D eigenvalue weighted by atomic mass is 9.85. The number of anilines is 1. The standard InChI is InChI=1S/C20H29NO5/c1-13(18(14(2)22)19(23)24)15-7-9-16(10-8-15)21-11-5-6-17-12-25-20(3,4)26-17/h7-10,13,17-18,21H,5-6,11-12H2,1-4H3,(H,23,24). The molecule has 0 aromatic heterocycles. The summed E-state index contributed by atoms with van der Waals surface area (Å²) in [6.45, 7) is 8.41. The molecule has 1 aliphatic rings. The number of aliphatic carboxylic acids is 1. The summed E-state index contributed by atoms with van der Waals surface area (Å²) in [6.07, 6.45) is 2.05. The Bertz CT molecular complexity index is 612. The van der Waals surface area contributed by atoms with Crippen LogP contribution in [0.15, 0.2) is 24.3 Å². The highest BCUT2D eigenvalue weighted by molar-refractivity contribution is 5.97. The topological polar surface area (TPSA) is 84.9 Å². The fourth-order valence-corrected chi connectivity index (χ4v) is 3.30. The van der Waals surface area contributed by atoms with Gasteiger partial charge in [-0.25, -0.2) is 0 Å². The van der Waals surface area contributed by atoms with Gasteiger partial charge in [0.05, 0.1) is 12.7 Å². The van der Waals surface area contributed by atoms with Gasteiger partial charge in [0.15, 0.2) is 5.79 Å². The quantitative estimate of drug-likeness (QED) is 0.516. The summed E-state index contributed by atoms with van der Waals surface area (Å²) >= 11 is 0. The number of carboxylic acid groups (broad SMARTS) is 1. The van der Waals surface area contributed by atoms with Crippen LogP contribution in [0.25, 0.3) is 0 Å². The Hall–Kier alpha value is -1.92. The van der Waals surface area contributed by atoms with Gasteiger partial charge in [0.1, 0.15) is 11.7 Å². The minimum atomic E-state index is -1.08. The molecule has 6 heteroatoms. The van der Waals surface area contributed by atoms with Gasteiger partial charge < -0.3 is 19.9 Å². The van der Waals surface area contributed by atoms with Crippen molar-refractivity contribution in [2.45, 2.75) is 58.3 Å². The zero-order chi connectivity index (χ0) is 19.3. The van der Waals surface area contributed by atoms with Gasteiger partial charge in [0.2, 0.25) is 0 Å². The maximum absolute atomic E-state index is 11.6. The molecule has 3 unspecified atom stereocenters. The lowest BCUT2D eigenvalue weighted by Gasteiger charge is -2.18. The molecule has 1 saturated heterocycles. The van der Waals surface area contributed by atoms with Crippen LogP contribution in [0.2, 0.25) is 0 Å². The molecule has 2 N–H and O–H groups in total. The van der Waals surface area contributed by atoms with Crippen LogP contribution >= 0.6 is 0 Å². The monoisotopic (exact) mass is 363 g/mol. The first-order valence-electron chi connectivity index (χ1n) is 9.08. The normalized spacial score (nSPS) is 21.2. The average molecular weight is 363 g/mol. The zero-order valence-corrected chi connectivity index (χ0v) is 16.0. The lowest BCUT2D eigenvalue weighted by Crippen LogP contribution is -2.27. The molecule has 2 rings (SSSR count). The Morgan fingerprint density at radius 2 is 1.96 bits per heavy atom. The minimum Gasteiger partial charge on any atom is -0.481 e. The number of hydrogen-bond donors (Lipinski definition) is 2. The third-order valence-electron chi connectivity index (χ3n) is 4.74. The summed E-state index contributed by atoms with van der Waals surface area (Å²) in [4.78, 5) is 22.9. The molecule has 0 aliphatic carbocycles. The number of ether oxygens (including phenoxy) is 2. The number of Topliss-reactive ketones (excluding diaryl/α,β-unsaturated/α-hetero) is 1. The van der Waals surface area contributed by atoms with Crippen molar-refractivity contribution in [3.8, 4) is 0 Å². The van der Waals surface area contributed by atoms with E-state index in [2.05, 4.69) is 5.32 Å². The maximum Gasteiger partial charge on any atom is 0.314 e. The molecule has 26 heavy (non-hydrogen) atoms. The first-order valence-corrected chi connectivity index (χ1v) is 9.08. The predicted octanol–water partition coefficient (Wildman–Crippen LogP) is 3.42. The van der Waals surface area contributed by atoms with Crippen LogP contribution in [-0.2, 0) is 19.1 Å². The van der Waals surface area contributed by atoms with E-state index in [9.17, 15) is 14.7 Å². The Balaban J connectivity index is 1.80. The molecule has 1 aromatic rings. The summed E-state index contributed by atoms with van der Waals surface area (Å²) in [5.74, 6) is -3.24. The molecule has 3 atom stereocenters.